The van der Waals surface area contributed by atoms with Gasteiger partial charge in [-0.2, -0.15) is 0 Å². The van der Waals surface area contributed by atoms with Gasteiger partial charge in [-0.25, -0.2) is 4.79 Å². The Bertz CT molecular complexity index is 408. The molecule has 0 aromatic heterocycles. The Morgan fingerprint density at radius 3 is 2.78 bits per heavy atom. The van der Waals surface area contributed by atoms with Crippen LogP contribution in [0.2, 0.25) is 0 Å². The van der Waals surface area contributed by atoms with Crippen molar-refractivity contribution in [1.29, 1.82) is 0 Å². The first-order valence-electron chi connectivity index (χ1n) is 5.92. The number of hydrogen-bond donors (Lipinski definition) is 0. The van der Waals surface area contributed by atoms with Crippen molar-refractivity contribution >= 4 is 17.6 Å². The molecule has 2 heterocycles. The highest BCUT2D eigenvalue weighted by atomic mass is 16.6. The van der Waals surface area contributed by atoms with Crippen molar-refractivity contribution in [2.75, 3.05) is 32.9 Å². The average molecular weight is 252 g/mol. The molecule has 0 atom stereocenters. The Labute approximate surface area is 105 Å². The molecular formula is C12H16N2O4. The number of hydrogen-bond acceptors (Lipinski definition) is 5. The molecule has 0 aliphatic carbocycles. The second kappa shape index (κ2) is 5.77. The fourth-order valence-electron chi connectivity index (χ4n) is 1.77. The maximum atomic E-state index is 11.7. The van der Waals surface area contributed by atoms with Crippen LogP contribution in [0.25, 0.3) is 0 Å². The van der Waals surface area contributed by atoms with Crippen molar-refractivity contribution in [3.05, 3.63) is 11.8 Å². The standard InChI is InChI=1S/C12H16N2O4/c1-9(15)11-6-10(7-13-11)8-18-12(16)14-2-4-17-5-3-14/h7H,2-6,8H2,1H3. The molecule has 0 N–H and O–H groups in total. The summed E-state index contributed by atoms with van der Waals surface area (Å²) in [7, 11) is 0. The fourth-order valence-corrected chi connectivity index (χ4v) is 1.77. The molecule has 6 heteroatoms. The summed E-state index contributed by atoms with van der Waals surface area (Å²) in [5.74, 6) is -0.0410. The third-order valence-corrected chi connectivity index (χ3v) is 2.85. The minimum Gasteiger partial charge on any atom is -0.445 e. The molecule has 2 aliphatic heterocycles. The van der Waals surface area contributed by atoms with Crippen LogP contribution < -0.4 is 0 Å². The zero-order valence-corrected chi connectivity index (χ0v) is 10.3. The zero-order valence-electron chi connectivity index (χ0n) is 10.3. The van der Waals surface area contributed by atoms with E-state index in [0.717, 1.165) is 5.57 Å². The molecule has 1 amide bonds. The van der Waals surface area contributed by atoms with E-state index in [0.29, 0.717) is 38.4 Å². The van der Waals surface area contributed by atoms with Gasteiger partial charge in [-0.05, 0) is 5.57 Å². The van der Waals surface area contributed by atoms with E-state index < -0.39 is 0 Å². The topological polar surface area (TPSA) is 68.2 Å². The maximum Gasteiger partial charge on any atom is 0.410 e. The number of carbonyl (C=O) groups is 2. The smallest absolute Gasteiger partial charge is 0.410 e. The highest BCUT2D eigenvalue weighted by Gasteiger charge is 2.20. The summed E-state index contributed by atoms with van der Waals surface area (Å²) < 4.78 is 10.3. The Morgan fingerprint density at radius 2 is 2.17 bits per heavy atom. The second-order valence-electron chi connectivity index (χ2n) is 4.25. The first-order chi connectivity index (χ1) is 8.66. The van der Waals surface area contributed by atoms with Crippen molar-refractivity contribution in [3.63, 3.8) is 0 Å². The molecule has 0 unspecified atom stereocenters. The Hall–Kier alpha value is -1.69. The molecule has 0 aromatic rings. The lowest BCUT2D eigenvalue weighted by molar-refractivity contribution is -0.111. The van der Waals surface area contributed by atoms with Crippen LogP contribution in [0.3, 0.4) is 0 Å². The summed E-state index contributed by atoms with van der Waals surface area (Å²) in [4.78, 5) is 28.4. The van der Waals surface area contributed by atoms with Crippen LogP contribution in [0.4, 0.5) is 4.79 Å². The molecule has 0 saturated carbocycles. The largest absolute Gasteiger partial charge is 0.445 e. The van der Waals surface area contributed by atoms with E-state index in [2.05, 4.69) is 4.99 Å². The monoisotopic (exact) mass is 252 g/mol. The van der Waals surface area contributed by atoms with Gasteiger partial charge in [0.15, 0.2) is 5.78 Å². The van der Waals surface area contributed by atoms with Gasteiger partial charge in [0.1, 0.15) is 6.61 Å². The second-order valence-corrected chi connectivity index (χ2v) is 4.25. The molecule has 18 heavy (non-hydrogen) atoms. The highest BCUT2D eigenvalue weighted by molar-refractivity contribution is 6.40. The van der Waals surface area contributed by atoms with Crippen LogP contribution in [0.15, 0.2) is 16.8 Å². The molecular weight excluding hydrogens is 236 g/mol. The Kier molecular flexibility index (Phi) is 4.09. The minimum atomic E-state index is -0.338. The number of rotatable bonds is 3. The van der Waals surface area contributed by atoms with Gasteiger partial charge in [0.25, 0.3) is 0 Å². The molecule has 1 saturated heterocycles. The van der Waals surface area contributed by atoms with Crippen molar-refractivity contribution in [2.45, 2.75) is 13.3 Å². The first-order valence-corrected chi connectivity index (χ1v) is 5.92. The Morgan fingerprint density at radius 1 is 1.44 bits per heavy atom. The lowest BCUT2D eigenvalue weighted by Crippen LogP contribution is -2.41. The van der Waals surface area contributed by atoms with Crippen LogP contribution in [0.1, 0.15) is 13.3 Å². The number of Topliss-reactive ketones (excluding diaryl/α,β-unsaturated/α-hetero) is 1. The van der Waals surface area contributed by atoms with E-state index >= 15 is 0 Å². The van der Waals surface area contributed by atoms with E-state index in [1.807, 2.05) is 0 Å². The van der Waals surface area contributed by atoms with Gasteiger partial charge in [0, 0.05) is 32.6 Å². The van der Waals surface area contributed by atoms with Crippen molar-refractivity contribution in [3.8, 4) is 0 Å². The number of ether oxygens (including phenoxy) is 2. The molecule has 6 nitrogen and oxygen atoms in total. The van der Waals surface area contributed by atoms with Crippen LogP contribution in [0, 0.1) is 0 Å². The van der Waals surface area contributed by atoms with Gasteiger partial charge >= 0.3 is 6.09 Å². The number of carbonyl (C=O) groups excluding carboxylic acids is 2. The maximum absolute atomic E-state index is 11.7. The number of morpholine rings is 1. The van der Waals surface area contributed by atoms with Gasteiger partial charge in [-0.3, -0.25) is 9.79 Å². The molecule has 2 aliphatic rings. The third-order valence-electron chi connectivity index (χ3n) is 2.85. The van der Waals surface area contributed by atoms with E-state index in [4.69, 9.17) is 9.47 Å². The lowest BCUT2D eigenvalue weighted by atomic mass is 10.1. The predicted molar refractivity (Wildman–Crippen MR) is 64.6 cm³/mol. The number of amides is 1. The molecule has 2 rings (SSSR count). The summed E-state index contributed by atoms with van der Waals surface area (Å²) in [5.41, 5.74) is 1.37. The molecule has 0 spiro atoms. The normalized spacial score (nSPS) is 19.3. The van der Waals surface area contributed by atoms with Gasteiger partial charge < -0.3 is 14.4 Å². The SMILES string of the molecule is CC(=O)C1=NC=C(COC(=O)N2CCOCC2)C1. The number of aliphatic imine (C=N–C) groups is 1. The number of ketones is 1. The van der Waals surface area contributed by atoms with E-state index in [1.54, 1.807) is 11.1 Å². The highest BCUT2D eigenvalue weighted by Crippen LogP contribution is 2.13. The Balaban J connectivity index is 1.73. The van der Waals surface area contributed by atoms with Crippen LogP contribution in [0.5, 0.6) is 0 Å². The summed E-state index contributed by atoms with van der Waals surface area (Å²) in [6.07, 6.45) is 1.74. The molecule has 98 valence electrons. The average Bonchev–Trinajstić information content (AvgIpc) is 2.86. The van der Waals surface area contributed by atoms with Crippen LogP contribution >= 0.6 is 0 Å². The van der Waals surface area contributed by atoms with Gasteiger partial charge in [0.05, 0.1) is 18.9 Å². The fraction of sp³-hybridized carbons (Fsp3) is 0.583. The van der Waals surface area contributed by atoms with Crippen molar-refractivity contribution in [2.24, 2.45) is 4.99 Å². The van der Waals surface area contributed by atoms with E-state index in [-0.39, 0.29) is 18.5 Å². The predicted octanol–water partition coefficient (Wildman–Crippen LogP) is 0.773. The van der Waals surface area contributed by atoms with Crippen molar-refractivity contribution < 1.29 is 19.1 Å². The first kappa shape index (κ1) is 12.8. The molecule has 1 fully saturated rings. The van der Waals surface area contributed by atoms with Gasteiger partial charge in [-0.1, -0.05) is 0 Å². The zero-order chi connectivity index (χ0) is 13.0. The van der Waals surface area contributed by atoms with Crippen LogP contribution in [-0.2, 0) is 14.3 Å². The summed E-state index contributed by atoms with van der Waals surface area (Å²) in [6.45, 7) is 3.90. The van der Waals surface area contributed by atoms with E-state index in [9.17, 15) is 9.59 Å². The quantitative estimate of drug-likeness (QED) is 0.744. The molecule has 0 radical (unpaired) electrons. The van der Waals surface area contributed by atoms with Crippen molar-refractivity contribution in [1.82, 2.24) is 4.90 Å². The number of nitrogens with zero attached hydrogens (tertiary/aromatic N) is 2. The lowest BCUT2D eigenvalue weighted by Gasteiger charge is -2.26. The minimum absolute atomic E-state index is 0.0410. The summed E-state index contributed by atoms with van der Waals surface area (Å²) >= 11 is 0. The molecule has 0 bridgehead atoms. The summed E-state index contributed by atoms with van der Waals surface area (Å²) in [5, 5.41) is 0. The third kappa shape index (κ3) is 3.16. The van der Waals surface area contributed by atoms with E-state index in [1.165, 1.54) is 6.92 Å². The summed E-state index contributed by atoms with van der Waals surface area (Å²) in [6, 6.07) is 0. The van der Waals surface area contributed by atoms with Crippen LogP contribution in [-0.4, -0.2) is 55.4 Å². The van der Waals surface area contributed by atoms with Gasteiger partial charge in [0.2, 0.25) is 0 Å². The van der Waals surface area contributed by atoms with Gasteiger partial charge in [-0.15, -0.1) is 0 Å². The molecule has 0 aromatic carbocycles.